The van der Waals surface area contributed by atoms with Gasteiger partial charge in [-0.05, 0) is 36.0 Å². The molecule has 2 aromatic rings. The molecule has 3 rings (SSSR count). The van der Waals surface area contributed by atoms with Gasteiger partial charge in [-0.15, -0.1) is 5.10 Å². The number of non-ortho nitro benzene ring substituents is 1. The van der Waals surface area contributed by atoms with E-state index in [0.29, 0.717) is 10.6 Å². The van der Waals surface area contributed by atoms with Gasteiger partial charge in [-0.25, -0.2) is 0 Å². The number of carbonyl (C=O) groups is 1. The van der Waals surface area contributed by atoms with Crippen molar-refractivity contribution in [2.75, 3.05) is 5.43 Å². The number of aromatic nitrogens is 1. The lowest BCUT2D eigenvalue weighted by Crippen LogP contribution is -2.20. The van der Waals surface area contributed by atoms with Gasteiger partial charge in [0.25, 0.3) is 11.6 Å². The van der Waals surface area contributed by atoms with Crippen LogP contribution in [0.2, 0.25) is 0 Å². The van der Waals surface area contributed by atoms with Crippen LogP contribution in [0.15, 0.2) is 52.6 Å². The molecule has 0 radical (unpaired) electrons. The van der Waals surface area contributed by atoms with E-state index in [1.165, 1.54) is 6.07 Å². The van der Waals surface area contributed by atoms with Gasteiger partial charge in [0.1, 0.15) is 5.69 Å². The number of hydrogen-bond donors (Lipinski definition) is 2. The predicted octanol–water partition coefficient (Wildman–Crippen LogP) is 2.49. The fourth-order valence-corrected chi connectivity index (χ4v) is 2.83. The number of carbonyl (C=O) groups excluding carboxylic acids is 1. The van der Waals surface area contributed by atoms with E-state index < -0.39 is 21.2 Å². The molecular weight excluding hydrogens is 376 g/mol. The standard InChI is InChI=1S/C15H10N6O5S/c22-14-13(7-9-3-1-2-6-16-9)27-15(17-14)19-18-11-5-4-10(20(23)24)8-12(11)21(25)26/h1-8,18H,(H,17,19,22)/b13-7-. The molecule has 0 saturated carbocycles. The molecule has 27 heavy (non-hydrogen) atoms. The number of benzene rings is 1. The summed E-state index contributed by atoms with van der Waals surface area (Å²) >= 11 is 1.03. The number of amidine groups is 1. The van der Waals surface area contributed by atoms with E-state index in [1.54, 1.807) is 30.5 Å². The van der Waals surface area contributed by atoms with Crippen molar-refractivity contribution in [3.05, 3.63) is 73.4 Å². The molecule has 1 fully saturated rings. The lowest BCUT2D eigenvalue weighted by atomic mass is 10.2. The smallest absolute Gasteiger partial charge is 0.299 e. The van der Waals surface area contributed by atoms with Crippen LogP contribution in [0, 0.1) is 20.2 Å². The Morgan fingerprint density at radius 1 is 1.19 bits per heavy atom. The molecule has 1 aromatic heterocycles. The van der Waals surface area contributed by atoms with Crippen LogP contribution in [0.5, 0.6) is 0 Å². The summed E-state index contributed by atoms with van der Waals surface area (Å²) in [6, 6.07) is 8.37. The number of hydrazone groups is 1. The van der Waals surface area contributed by atoms with Crippen LogP contribution in [0.3, 0.4) is 0 Å². The minimum atomic E-state index is -0.762. The molecule has 1 aromatic carbocycles. The van der Waals surface area contributed by atoms with Crippen LogP contribution in [0.1, 0.15) is 5.69 Å². The summed E-state index contributed by atoms with van der Waals surface area (Å²) in [7, 11) is 0. The molecule has 1 saturated heterocycles. The van der Waals surface area contributed by atoms with Gasteiger partial charge < -0.3 is 0 Å². The zero-order valence-electron chi connectivity index (χ0n) is 13.4. The number of anilines is 1. The summed E-state index contributed by atoms with van der Waals surface area (Å²) < 4.78 is 0. The van der Waals surface area contributed by atoms with E-state index in [0.717, 1.165) is 23.9 Å². The van der Waals surface area contributed by atoms with Crippen molar-refractivity contribution < 1.29 is 14.6 Å². The SMILES string of the molecule is O=C1N/C(=N\Nc2ccc([N+](=O)[O-])cc2[N+](=O)[O-])S/C1=C\c1ccccn1. The first kappa shape index (κ1) is 18.0. The summed E-state index contributed by atoms with van der Waals surface area (Å²) in [4.78, 5) is 36.8. The Labute approximate surface area is 155 Å². The van der Waals surface area contributed by atoms with E-state index in [4.69, 9.17) is 0 Å². The second-order valence-electron chi connectivity index (χ2n) is 5.06. The summed E-state index contributed by atoms with van der Waals surface area (Å²) in [5.74, 6) is -0.385. The highest BCUT2D eigenvalue weighted by atomic mass is 32.2. The molecule has 1 aliphatic rings. The first-order chi connectivity index (χ1) is 12.9. The highest BCUT2D eigenvalue weighted by molar-refractivity contribution is 8.18. The Morgan fingerprint density at radius 2 is 2.00 bits per heavy atom. The molecule has 11 nitrogen and oxygen atoms in total. The van der Waals surface area contributed by atoms with Crippen LogP contribution in [0.4, 0.5) is 17.1 Å². The zero-order chi connectivity index (χ0) is 19.4. The number of nitro benzene ring substituents is 2. The lowest BCUT2D eigenvalue weighted by Gasteiger charge is -2.02. The summed E-state index contributed by atoms with van der Waals surface area (Å²) in [5.41, 5.74) is 2.08. The number of rotatable bonds is 5. The van der Waals surface area contributed by atoms with E-state index in [-0.39, 0.29) is 16.8 Å². The highest BCUT2D eigenvalue weighted by Gasteiger charge is 2.25. The topological polar surface area (TPSA) is 153 Å². The maximum atomic E-state index is 12.0. The van der Waals surface area contributed by atoms with Gasteiger partial charge in [0.05, 0.1) is 26.5 Å². The highest BCUT2D eigenvalue weighted by Crippen LogP contribution is 2.30. The fourth-order valence-electron chi connectivity index (χ4n) is 2.07. The number of pyridine rings is 1. The van der Waals surface area contributed by atoms with Crippen LogP contribution in [-0.2, 0) is 4.79 Å². The monoisotopic (exact) mass is 386 g/mol. The molecule has 12 heteroatoms. The minimum Gasteiger partial charge on any atom is -0.299 e. The molecule has 136 valence electrons. The van der Waals surface area contributed by atoms with Crippen molar-refractivity contribution in [3.63, 3.8) is 0 Å². The number of thioether (sulfide) groups is 1. The molecule has 0 atom stereocenters. The maximum absolute atomic E-state index is 12.0. The van der Waals surface area contributed by atoms with Gasteiger partial charge in [0.15, 0.2) is 5.17 Å². The van der Waals surface area contributed by atoms with Crippen molar-refractivity contribution in [3.8, 4) is 0 Å². The zero-order valence-corrected chi connectivity index (χ0v) is 14.2. The van der Waals surface area contributed by atoms with Gasteiger partial charge in [-0.2, -0.15) is 0 Å². The van der Waals surface area contributed by atoms with Gasteiger partial charge in [0, 0.05) is 12.3 Å². The third-order valence-electron chi connectivity index (χ3n) is 3.28. The van der Waals surface area contributed by atoms with Crippen LogP contribution in [-0.4, -0.2) is 25.9 Å². The molecular formula is C15H10N6O5S. The maximum Gasteiger partial charge on any atom is 0.301 e. The lowest BCUT2D eigenvalue weighted by molar-refractivity contribution is -0.393. The molecule has 0 bridgehead atoms. The van der Waals surface area contributed by atoms with Crippen LogP contribution >= 0.6 is 11.8 Å². The minimum absolute atomic E-state index is 0.0462. The Balaban J connectivity index is 1.79. The van der Waals surface area contributed by atoms with Gasteiger partial charge in [0.2, 0.25) is 0 Å². The average molecular weight is 386 g/mol. The Kier molecular flexibility index (Phi) is 5.08. The molecule has 0 aliphatic carbocycles. The first-order valence-electron chi connectivity index (χ1n) is 7.32. The normalized spacial score (nSPS) is 16.4. The quantitative estimate of drug-likeness (QED) is 0.451. The Hall–Kier alpha value is -3.80. The average Bonchev–Trinajstić information content (AvgIpc) is 3.00. The largest absolute Gasteiger partial charge is 0.301 e. The van der Waals surface area contributed by atoms with Crippen molar-refractivity contribution in [1.82, 2.24) is 10.3 Å². The third kappa shape index (κ3) is 4.24. The second kappa shape index (κ2) is 7.61. The fraction of sp³-hybridized carbons (Fsp3) is 0. The van der Waals surface area contributed by atoms with Gasteiger partial charge in [-0.1, -0.05) is 6.07 Å². The summed E-state index contributed by atoms with van der Waals surface area (Å²) in [5, 5.41) is 28.5. The molecule has 0 spiro atoms. The Bertz CT molecular complexity index is 991. The third-order valence-corrected chi connectivity index (χ3v) is 4.19. The second-order valence-corrected chi connectivity index (χ2v) is 6.09. The summed E-state index contributed by atoms with van der Waals surface area (Å²) in [6.45, 7) is 0. The number of nitrogens with one attached hydrogen (secondary N) is 2. The van der Waals surface area contributed by atoms with Gasteiger partial charge in [-0.3, -0.25) is 40.7 Å². The van der Waals surface area contributed by atoms with Crippen LogP contribution < -0.4 is 10.7 Å². The van der Waals surface area contributed by atoms with E-state index >= 15 is 0 Å². The van der Waals surface area contributed by atoms with Crippen LogP contribution in [0.25, 0.3) is 6.08 Å². The van der Waals surface area contributed by atoms with Gasteiger partial charge >= 0.3 is 5.69 Å². The van der Waals surface area contributed by atoms with E-state index in [9.17, 15) is 25.0 Å². The van der Waals surface area contributed by atoms with Crippen molar-refractivity contribution in [2.24, 2.45) is 5.10 Å². The number of nitro groups is 2. The predicted molar refractivity (Wildman–Crippen MR) is 98.8 cm³/mol. The van der Waals surface area contributed by atoms with E-state index in [2.05, 4.69) is 20.8 Å². The van der Waals surface area contributed by atoms with Crippen molar-refractivity contribution in [1.29, 1.82) is 0 Å². The number of nitrogens with zero attached hydrogens (tertiary/aromatic N) is 4. The van der Waals surface area contributed by atoms with Crippen molar-refractivity contribution in [2.45, 2.75) is 0 Å². The molecule has 2 N–H and O–H groups in total. The number of hydrogen-bond acceptors (Lipinski definition) is 9. The summed E-state index contributed by atoms with van der Waals surface area (Å²) in [6.07, 6.45) is 3.17. The molecule has 2 heterocycles. The molecule has 1 amide bonds. The van der Waals surface area contributed by atoms with Crippen molar-refractivity contribution >= 4 is 46.0 Å². The number of amides is 1. The molecule has 0 unspecified atom stereocenters. The van der Waals surface area contributed by atoms with E-state index in [1.807, 2.05) is 0 Å². The Morgan fingerprint density at radius 3 is 2.67 bits per heavy atom. The first-order valence-corrected chi connectivity index (χ1v) is 8.14. The molecule has 1 aliphatic heterocycles.